The number of anilines is 1. The third kappa shape index (κ3) is 2.03. The zero-order valence-electron chi connectivity index (χ0n) is 10.4. The van der Waals surface area contributed by atoms with E-state index >= 15 is 0 Å². The lowest BCUT2D eigenvalue weighted by Gasteiger charge is -2.23. The van der Waals surface area contributed by atoms with Gasteiger partial charge in [0.15, 0.2) is 0 Å². The number of hydrogen-bond donors (Lipinski definition) is 3. The van der Waals surface area contributed by atoms with Crippen LogP contribution in [0.4, 0.5) is 5.82 Å². The number of nitrogens with one attached hydrogen (secondary N) is 1. The summed E-state index contributed by atoms with van der Waals surface area (Å²) in [7, 11) is 0. The fourth-order valence-electron chi connectivity index (χ4n) is 2.58. The number of nitrogen functional groups attached to an aromatic ring is 1. The largest absolute Gasteiger partial charge is 0.493 e. The van der Waals surface area contributed by atoms with Gasteiger partial charge in [-0.25, -0.2) is 4.98 Å². The SMILES string of the molecule is NNC(c1cccnc1N)C1COc2ccccc21. The number of rotatable bonds is 3. The van der Waals surface area contributed by atoms with E-state index in [1.54, 1.807) is 6.20 Å². The summed E-state index contributed by atoms with van der Waals surface area (Å²) in [5.41, 5.74) is 10.8. The third-order valence-electron chi connectivity index (χ3n) is 3.53. The number of pyridine rings is 1. The van der Waals surface area contributed by atoms with Crippen LogP contribution in [0, 0.1) is 0 Å². The fourth-order valence-corrected chi connectivity index (χ4v) is 2.58. The van der Waals surface area contributed by atoms with E-state index in [-0.39, 0.29) is 12.0 Å². The minimum absolute atomic E-state index is 0.114. The van der Waals surface area contributed by atoms with Crippen molar-refractivity contribution >= 4 is 5.82 Å². The second-order valence-electron chi connectivity index (χ2n) is 4.58. The lowest BCUT2D eigenvalue weighted by molar-refractivity contribution is 0.300. The van der Waals surface area contributed by atoms with Gasteiger partial charge in [0.25, 0.3) is 0 Å². The molecule has 2 aromatic rings. The second kappa shape index (κ2) is 4.87. The van der Waals surface area contributed by atoms with E-state index in [9.17, 15) is 0 Å². The Morgan fingerprint density at radius 3 is 2.89 bits per heavy atom. The number of nitrogens with zero attached hydrogens (tertiary/aromatic N) is 1. The summed E-state index contributed by atoms with van der Waals surface area (Å²) in [6, 6.07) is 11.7. The van der Waals surface area contributed by atoms with Crippen LogP contribution < -0.4 is 21.7 Å². The molecule has 2 heterocycles. The third-order valence-corrected chi connectivity index (χ3v) is 3.53. The molecule has 19 heavy (non-hydrogen) atoms. The zero-order valence-corrected chi connectivity index (χ0v) is 10.4. The first-order valence-corrected chi connectivity index (χ1v) is 6.19. The second-order valence-corrected chi connectivity index (χ2v) is 4.58. The lowest BCUT2D eigenvalue weighted by Crippen LogP contribution is -2.34. The molecule has 0 fully saturated rings. The van der Waals surface area contributed by atoms with Crippen molar-refractivity contribution in [3.63, 3.8) is 0 Å². The van der Waals surface area contributed by atoms with Crippen LogP contribution in [-0.4, -0.2) is 11.6 Å². The van der Waals surface area contributed by atoms with Crippen molar-refractivity contribution in [3.8, 4) is 5.75 Å². The standard InChI is InChI=1S/C14H16N4O/c15-14-10(5-3-7-17-14)13(18-16)11-8-19-12-6-2-1-4-9(11)12/h1-7,11,13,18H,8,16H2,(H2,15,17). The van der Waals surface area contributed by atoms with Crippen molar-refractivity contribution in [1.82, 2.24) is 10.4 Å². The van der Waals surface area contributed by atoms with Crippen LogP contribution in [-0.2, 0) is 0 Å². The molecule has 0 saturated carbocycles. The molecular formula is C14H16N4O. The first-order chi connectivity index (χ1) is 9.31. The van der Waals surface area contributed by atoms with Crippen molar-refractivity contribution in [3.05, 3.63) is 53.7 Å². The normalized spacial score (nSPS) is 18.7. The van der Waals surface area contributed by atoms with Gasteiger partial charge in [-0.15, -0.1) is 0 Å². The molecule has 2 atom stereocenters. The van der Waals surface area contributed by atoms with E-state index in [0.29, 0.717) is 12.4 Å². The first-order valence-electron chi connectivity index (χ1n) is 6.19. The number of benzene rings is 1. The number of nitrogens with two attached hydrogens (primary N) is 2. The number of fused-ring (bicyclic) bond motifs is 1. The molecule has 1 aliphatic rings. The summed E-state index contributed by atoms with van der Waals surface area (Å²) in [6.45, 7) is 0.586. The van der Waals surface area contributed by atoms with Crippen molar-refractivity contribution in [2.24, 2.45) is 5.84 Å². The average Bonchev–Trinajstić information content (AvgIpc) is 2.86. The summed E-state index contributed by atoms with van der Waals surface area (Å²) in [5, 5.41) is 0. The van der Waals surface area contributed by atoms with Gasteiger partial charge >= 0.3 is 0 Å². The lowest BCUT2D eigenvalue weighted by atomic mass is 9.89. The highest BCUT2D eigenvalue weighted by Gasteiger charge is 2.32. The fraction of sp³-hybridized carbons (Fsp3) is 0.214. The molecule has 5 N–H and O–H groups in total. The number of hydrogen-bond acceptors (Lipinski definition) is 5. The highest BCUT2D eigenvalue weighted by molar-refractivity contribution is 5.46. The molecule has 3 rings (SSSR count). The maximum atomic E-state index is 5.94. The Bertz CT molecular complexity index is 587. The number of ether oxygens (including phenoxy) is 1. The van der Waals surface area contributed by atoms with Gasteiger partial charge in [0.1, 0.15) is 11.6 Å². The van der Waals surface area contributed by atoms with Gasteiger partial charge in [-0.3, -0.25) is 11.3 Å². The highest BCUT2D eigenvalue weighted by Crippen LogP contribution is 2.41. The maximum absolute atomic E-state index is 5.94. The van der Waals surface area contributed by atoms with E-state index in [1.807, 2.05) is 30.3 Å². The number of para-hydroxylation sites is 1. The summed E-state index contributed by atoms with van der Waals surface area (Å²) >= 11 is 0. The molecule has 0 aliphatic carbocycles. The Kier molecular flexibility index (Phi) is 3.06. The Morgan fingerprint density at radius 2 is 2.11 bits per heavy atom. The highest BCUT2D eigenvalue weighted by atomic mass is 16.5. The molecule has 0 radical (unpaired) electrons. The summed E-state index contributed by atoms with van der Waals surface area (Å²) in [5.74, 6) is 7.26. The van der Waals surface area contributed by atoms with Crippen LogP contribution in [0.2, 0.25) is 0 Å². The van der Waals surface area contributed by atoms with Gasteiger partial charge in [0.05, 0.1) is 12.6 Å². The van der Waals surface area contributed by atoms with Crippen LogP contribution in [0.5, 0.6) is 5.75 Å². The van der Waals surface area contributed by atoms with Gasteiger partial charge < -0.3 is 10.5 Å². The van der Waals surface area contributed by atoms with Gasteiger partial charge in [0, 0.05) is 23.2 Å². The van der Waals surface area contributed by atoms with Gasteiger partial charge in [0.2, 0.25) is 0 Å². The molecule has 5 nitrogen and oxygen atoms in total. The molecule has 0 bridgehead atoms. The van der Waals surface area contributed by atoms with Crippen molar-refractivity contribution in [1.29, 1.82) is 0 Å². The maximum Gasteiger partial charge on any atom is 0.128 e. The molecule has 98 valence electrons. The van der Waals surface area contributed by atoms with E-state index in [4.69, 9.17) is 16.3 Å². The minimum Gasteiger partial charge on any atom is -0.493 e. The molecule has 1 aliphatic heterocycles. The molecule has 1 aromatic carbocycles. The monoisotopic (exact) mass is 256 g/mol. The predicted octanol–water partition coefficient (Wildman–Crippen LogP) is 1.34. The minimum atomic E-state index is -0.114. The molecular weight excluding hydrogens is 240 g/mol. The molecule has 1 aromatic heterocycles. The summed E-state index contributed by atoms with van der Waals surface area (Å²) in [4.78, 5) is 4.12. The van der Waals surface area contributed by atoms with Gasteiger partial charge in [-0.1, -0.05) is 24.3 Å². The summed E-state index contributed by atoms with van der Waals surface area (Å²) < 4.78 is 5.70. The Labute approximate surface area is 111 Å². The van der Waals surface area contributed by atoms with Crippen molar-refractivity contribution < 1.29 is 4.74 Å². The van der Waals surface area contributed by atoms with Gasteiger partial charge in [-0.2, -0.15) is 0 Å². The Morgan fingerprint density at radius 1 is 1.26 bits per heavy atom. The summed E-state index contributed by atoms with van der Waals surface area (Å²) in [6.07, 6.45) is 1.67. The van der Waals surface area contributed by atoms with Gasteiger partial charge in [-0.05, 0) is 12.1 Å². The number of aromatic nitrogens is 1. The average molecular weight is 256 g/mol. The van der Waals surface area contributed by atoms with E-state index < -0.39 is 0 Å². The van der Waals surface area contributed by atoms with E-state index in [0.717, 1.165) is 16.9 Å². The van der Waals surface area contributed by atoms with Crippen LogP contribution >= 0.6 is 0 Å². The van der Waals surface area contributed by atoms with Crippen LogP contribution in [0.1, 0.15) is 23.1 Å². The molecule has 2 unspecified atom stereocenters. The number of hydrazine groups is 1. The smallest absolute Gasteiger partial charge is 0.128 e. The Balaban J connectivity index is 1.99. The topological polar surface area (TPSA) is 86.2 Å². The zero-order chi connectivity index (χ0) is 13.2. The Hall–Kier alpha value is -2.11. The van der Waals surface area contributed by atoms with Crippen molar-refractivity contribution in [2.45, 2.75) is 12.0 Å². The molecule has 0 saturated heterocycles. The predicted molar refractivity (Wildman–Crippen MR) is 73.4 cm³/mol. The van der Waals surface area contributed by atoms with Crippen LogP contribution in [0.3, 0.4) is 0 Å². The van der Waals surface area contributed by atoms with E-state index in [2.05, 4.69) is 16.5 Å². The van der Waals surface area contributed by atoms with Crippen LogP contribution in [0.15, 0.2) is 42.6 Å². The van der Waals surface area contributed by atoms with E-state index in [1.165, 1.54) is 0 Å². The molecule has 5 heteroatoms. The molecule has 0 amide bonds. The first kappa shape index (κ1) is 12.0. The quantitative estimate of drug-likeness (QED) is 0.570. The van der Waals surface area contributed by atoms with Crippen LogP contribution in [0.25, 0.3) is 0 Å². The molecule has 0 spiro atoms. The van der Waals surface area contributed by atoms with Crippen molar-refractivity contribution in [2.75, 3.05) is 12.3 Å².